The van der Waals surface area contributed by atoms with Gasteiger partial charge in [-0.2, -0.15) is 18.3 Å². The van der Waals surface area contributed by atoms with Crippen LogP contribution >= 0.6 is 0 Å². The van der Waals surface area contributed by atoms with Crippen LogP contribution in [0.4, 0.5) is 33.5 Å². The van der Waals surface area contributed by atoms with E-state index in [1.54, 1.807) is 12.1 Å². The number of nitrogens with zero attached hydrogens (tertiary/aromatic N) is 6. The summed E-state index contributed by atoms with van der Waals surface area (Å²) in [5.41, 5.74) is 1.45. The van der Waals surface area contributed by atoms with E-state index < -0.39 is 42.7 Å². The Morgan fingerprint density at radius 1 is 1.09 bits per heavy atom. The number of imide groups is 1. The summed E-state index contributed by atoms with van der Waals surface area (Å²) >= 11 is 0. The molecule has 19 heteroatoms. The number of piperidine rings is 2. The zero-order valence-electron chi connectivity index (χ0n) is 27.8. The highest BCUT2D eigenvalue weighted by Crippen LogP contribution is 2.34. The number of carbonyl (C=O) groups is 4. The Balaban J connectivity index is 0.974. The number of rotatable bonds is 10. The predicted octanol–water partition coefficient (Wildman–Crippen LogP) is 4.70. The molecule has 3 aliphatic rings. The van der Waals surface area contributed by atoms with Gasteiger partial charge < -0.3 is 20.0 Å². The van der Waals surface area contributed by atoms with Crippen molar-refractivity contribution in [3.05, 3.63) is 77.1 Å². The van der Waals surface area contributed by atoms with Gasteiger partial charge in [0.25, 0.3) is 18.2 Å². The van der Waals surface area contributed by atoms with Crippen LogP contribution in [0.25, 0.3) is 11.5 Å². The summed E-state index contributed by atoms with van der Waals surface area (Å²) in [4.78, 5) is 61.9. The number of aromatic nitrogens is 4. The van der Waals surface area contributed by atoms with Gasteiger partial charge in [0, 0.05) is 56.1 Å². The fraction of sp³-hybridized carbons (Fsp3) is 0.382. The Labute approximate surface area is 297 Å². The molecule has 0 spiro atoms. The zero-order valence-corrected chi connectivity index (χ0v) is 27.8. The van der Waals surface area contributed by atoms with Gasteiger partial charge in [-0.15, -0.1) is 0 Å². The van der Waals surface area contributed by atoms with E-state index in [2.05, 4.69) is 35.9 Å². The van der Waals surface area contributed by atoms with Gasteiger partial charge in [0.05, 0.1) is 11.7 Å². The first kappa shape index (κ1) is 35.7. The molecule has 0 radical (unpaired) electrons. The molecule has 3 aromatic heterocycles. The molecule has 1 aromatic carbocycles. The van der Waals surface area contributed by atoms with Gasteiger partial charge in [0.1, 0.15) is 24.7 Å². The molecule has 0 aliphatic carbocycles. The van der Waals surface area contributed by atoms with Crippen LogP contribution in [0, 0.1) is 0 Å². The number of carbonyl (C=O) groups excluding carboxylic acids is 4. The number of likely N-dealkylation sites (tertiary alicyclic amines) is 1. The number of halogens is 5. The SMILES string of the molecule is O=C1CCC(N2Cc3c(CN4CCC(n5cc(NC(=O)c6coc(-c7ccnc(NCC(F)(F)F)c7)n6)c(C(F)F)n5)CC4)cccc3C2=O)C(=O)N1. The monoisotopic (exact) mass is 741 g/mol. The van der Waals surface area contributed by atoms with E-state index in [0.29, 0.717) is 38.0 Å². The molecule has 1 unspecified atom stereocenters. The summed E-state index contributed by atoms with van der Waals surface area (Å²) in [6, 6.07) is 7.18. The van der Waals surface area contributed by atoms with E-state index in [0.717, 1.165) is 17.4 Å². The molecule has 4 amide bonds. The Morgan fingerprint density at radius 3 is 2.62 bits per heavy atom. The van der Waals surface area contributed by atoms with E-state index in [4.69, 9.17) is 4.42 Å². The number of hydrogen-bond acceptors (Lipinski definition) is 10. The second-order valence-electron chi connectivity index (χ2n) is 12.9. The molecule has 278 valence electrons. The van der Waals surface area contributed by atoms with Gasteiger partial charge in [-0.3, -0.25) is 34.1 Å². The average molecular weight is 742 g/mol. The minimum absolute atomic E-state index is 0.0946. The molecular formula is C34H32F5N9O5. The first-order valence-electron chi connectivity index (χ1n) is 16.7. The van der Waals surface area contributed by atoms with Crippen LogP contribution in [0.2, 0.25) is 0 Å². The molecular weight excluding hydrogens is 709 g/mol. The van der Waals surface area contributed by atoms with Gasteiger partial charge in [-0.1, -0.05) is 12.1 Å². The minimum Gasteiger partial charge on any atom is -0.444 e. The highest BCUT2D eigenvalue weighted by atomic mass is 19.4. The maximum atomic E-state index is 14.1. The number of amides is 4. The van der Waals surface area contributed by atoms with Crippen LogP contribution in [0.15, 0.2) is 53.4 Å². The predicted molar refractivity (Wildman–Crippen MR) is 175 cm³/mol. The molecule has 6 heterocycles. The average Bonchev–Trinajstić information content (AvgIpc) is 3.86. The summed E-state index contributed by atoms with van der Waals surface area (Å²) in [5.74, 6) is -2.13. The molecule has 14 nitrogen and oxygen atoms in total. The molecule has 7 rings (SSSR count). The molecule has 4 aromatic rings. The number of fused-ring (bicyclic) bond motifs is 1. The first-order valence-corrected chi connectivity index (χ1v) is 16.7. The molecule has 53 heavy (non-hydrogen) atoms. The second-order valence-corrected chi connectivity index (χ2v) is 12.9. The van der Waals surface area contributed by atoms with Crippen molar-refractivity contribution >= 4 is 35.1 Å². The molecule has 3 N–H and O–H groups in total. The van der Waals surface area contributed by atoms with Crippen LogP contribution in [0.3, 0.4) is 0 Å². The number of alkyl halides is 5. The maximum Gasteiger partial charge on any atom is 0.405 e. The highest BCUT2D eigenvalue weighted by Gasteiger charge is 2.40. The third-order valence-corrected chi connectivity index (χ3v) is 9.43. The largest absolute Gasteiger partial charge is 0.444 e. The van der Waals surface area contributed by atoms with Crippen molar-refractivity contribution < 1.29 is 45.5 Å². The lowest BCUT2D eigenvalue weighted by Crippen LogP contribution is -2.52. The van der Waals surface area contributed by atoms with E-state index in [-0.39, 0.29) is 65.9 Å². The number of anilines is 2. The van der Waals surface area contributed by atoms with Crippen molar-refractivity contribution in [1.29, 1.82) is 0 Å². The molecule has 2 fully saturated rings. The summed E-state index contributed by atoms with van der Waals surface area (Å²) in [7, 11) is 0. The van der Waals surface area contributed by atoms with E-state index in [1.807, 2.05) is 6.07 Å². The van der Waals surface area contributed by atoms with Crippen LogP contribution < -0.4 is 16.0 Å². The van der Waals surface area contributed by atoms with Crippen molar-refractivity contribution in [2.45, 2.75) is 63.5 Å². The number of oxazole rings is 1. The molecule has 1 atom stereocenters. The van der Waals surface area contributed by atoms with Crippen molar-refractivity contribution in [3.63, 3.8) is 0 Å². The lowest BCUT2D eigenvalue weighted by molar-refractivity contribution is -0.137. The van der Waals surface area contributed by atoms with Gasteiger partial charge in [-0.25, -0.2) is 18.7 Å². The fourth-order valence-corrected chi connectivity index (χ4v) is 6.78. The van der Waals surface area contributed by atoms with Gasteiger partial charge in [0.15, 0.2) is 11.4 Å². The Kier molecular flexibility index (Phi) is 9.67. The van der Waals surface area contributed by atoms with Gasteiger partial charge in [-0.05, 0) is 48.6 Å². The van der Waals surface area contributed by atoms with E-state index in [1.165, 1.54) is 34.1 Å². The number of pyridine rings is 1. The molecule has 0 saturated carbocycles. The zero-order chi connectivity index (χ0) is 37.4. The summed E-state index contributed by atoms with van der Waals surface area (Å²) in [6.45, 7) is 0.660. The van der Waals surface area contributed by atoms with Crippen LogP contribution in [-0.2, 0) is 22.7 Å². The molecule has 2 saturated heterocycles. The Bertz CT molecular complexity index is 2060. The summed E-state index contributed by atoms with van der Waals surface area (Å²) in [6.07, 6.45) is -2.32. The van der Waals surface area contributed by atoms with Gasteiger partial charge in [0.2, 0.25) is 17.7 Å². The standard InChI is InChI=1S/C34H32F5N9O5/c35-29(36)28-23(42-30(50)24-16-53-32(43-24)18-6-9-40-26(12-18)41-17-34(37,38)39)15-48(45-28)20-7-10-46(11-8-20)13-19-2-1-3-21-22(19)14-47(33(21)52)25-4-5-27(49)44-31(25)51/h1-3,6,9,12,15-16,20,25,29H,4-5,7-8,10-11,13-14,17H2,(H,40,41)(H,42,50)(H,44,49,51). The lowest BCUT2D eigenvalue weighted by Gasteiger charge is -2.32. The first-order chi connectivity index (χ1) is 25.3. The smallest absolute Gasteiger partial charge is 0.405 e. The normalized spacial score (nSPS) is 18.4. The van der Waals surface area contributed by atoms with Crippen molar-refractivity contribution in [3.8, 4) is 11.5 Å². The summed E-state index contributed by atoms with van der Waals surface area (Å²) in [5, 5.41) is 11.0. The number of hydrogen-bond donors (Lipinski definition) is 3. The van der Waals surface area contributed by atoms with Crippen LogP contribution in [0.1, 0.15) is 75.8 Å². The number of nitrogens with one attached hydrogen (secondary N) is 3. The van der Waals surface area contributed by atoms with Crippen molar-refractivity contribution in [2.24, 2.45) is 0 Å². The minimum atomic E-state index is -4.47. The Morgan fingerprint density at radius 2 is 1.89 bits per heavy atom. The maximum absolute atomic E-state index is 14.1. The highest BCUT2D eigenvalue weighted by molar-refractivity contribution is 6.05. The van der Waals surface area contributed by atoms with E-state index >= 15 is 0 Å². The van der Waals surface area contributed by atoms with Crippen LogP contribution in [0.5, 0.6) is 0 Å². The molecule has 0 bridgehead atoms. The fourth-order valence-electron chi connectivity index (χ4n) is 6.78. The van der Waals surface area contributed by atoms with Crippen LogP contribution in [-0.4, -0.2) is 85.0 Å². The molecule has 3 aliphatic heterocycles. The second kappa shape index (κ2) is 14.4. The van der Waals surface area contributed by atoms with Gasteiger partial charge >= 0.3 is 6.18 Å². The third kappa shape index (κ3) is 7.74. The quantitative estimate of drug-likeness (QED) is 0.153. The van der Waals surface area contributed by atoms with Crippen molar-refractivity contribution in [1.82, 2.24) is 34.9 Å². The third-order valence-electron chi connectivity index (χ3n) is 9.43. The topological polar surface area (TPSA) is 168 Å². The van der Waals surface area contributed by atoms with E-state index in [9.17, 15) is 41.1 Å². The summed E-state index contributed by atoms with van der Waals surface area (Å²) < 4.78 is 72.7. The Hall–Kier alpha value is -5.72. The number of benzene rings is 1. The lowest BCUT2D eigenvalue weighted by atomic mass is 10.0. The van der Waals surface area contributed by atoms with Crippen molar-refractivity contribution in [2.75, 3.05) is 30.3 Å².